The molecular weight excluding hydrogens is 418 g/mol. The summed E-state index contributed by atoms with van der Waals surface area (Å²) >= 11 is 9.49. The molecule has 136 valence electrons. The highest BCUT2D eigenvalue weighted by Gasteiger charge is 2.20. The highest BCUT2D eigenvalue weighted by molar-refractivity contribution is 9.10. The predicted molar refractivity (Wildman–Crippen MR) is 106 cm³/mol. The van der Waals surface area contributed by atoms with Crippen molar-refractivity contribution in [1.82, 2.24) is 19.6 Å². The standard InChI is InChI=1S/C18H19BrClN5O/c1-11-17(19)12(2)25(23-11)13(3)18(26)22-16-8-21-24(10-16)9-14-5-4-6-15(20)7-14/h4-8,10,13H,9H2,1-3H3,(H,22,26). The molecule has 3 rings (SSSR count). The summed E-state index contributed by atoms with van der Waals surface area (Å²) in [6.07, 6.45) is 3.43. The van der Waals surface area contributed by atoms with Crippen molar-refractivity contribution in [2.24, 2.45) is 0 Å². The third-order valence-corrected chi connectivity index (χ3v) is 5.50. The molecule has 26 heavy (non-hydrogen) atoms. The number of hydrogen-bond donors (Lipinski definition) is 1. The number of anilines is 1. The summed E-state index contributed by atoms with van der Waals surface area (Å²) in [7, 11) is 0. The number of amides is 1. The van der Waals surface area contributed by atoms with Gasteiger partial charge in [-0.05, 0) is 54.4 Å². The number of carbonyl (C=O) groups excluding carboxylic acids is 1. The van der Waals surface area contributed by atoms with Gasteiger partial charge >= 0.3 is 0 Å². The van der Waals surface area contributed by atoms with Crippen molar-refractivity contribution in [2.45, 2.75) is 33.4 Å². The Hall–Kier alpha value is -2.12. The Morgan fingerprint density at radius 1 is 1.38 bits per heavy atom. The topological polar surface area (TPSA) is 64.7 Å². The van der Waals surface area contributed by atoms with E-state index >= 15 is 0 Å². The van der Waals surface area contributed by atoms with Crippen molar-refractivity contribution in [2.75, 3.05) is 5.32 Å². The molecule has 1 N–H and O–H groups in total. The Morgan fingerprint density at radius 3 is 2.81 bits per heavy atom. The summed E-state index contributed by atoms with van der Waals surface area (Å²) in [5, 5.41) is 12.3. The average Bonchev–Trinajstić information content (AvgIpc) is 3.13. The van der Waals surface area contributed by atoms with Crippen molar-refractivity contribution in [1.29, 1.82) is 0 Å². The normalized spacial score (nSPS) is 12.2. The third kappa shape index (κ3) is 3.99. The summed E-state index contributed by atoms with van der Waals surface area (Å²) < 4.78 is 4.39. The van der Waals surface area contributed by atoms with Gasteiger partial charge in [-0.15, -0.1) is 0 Å². The number of aryl methyl sites for hydroxylation is 1. The minimum Gasteiger partial charge on any atom is -0.322 e. The number of nitrogens with one attached hydrogen (secondary N) is 1. The second-order valence-corrected chi connectivity index (χ2v) is 7.38. The summed E-state index contributed by atoms with van der Waals surface area (Å²) in [5.41, 5.74) is 3.46. The number of aromatic nitrogens is 4. The zero-order valence-electron chi connectivity index (χ0n) is 14.7. The monoisotopic (exact) mass is 435 g/mol. The maximum Gasteiger partial charge on any atom is 0.249 e. The van der Waals surface area contributed by atoms with E-state index in [0.717, 1.165) is 21.4 Å². The van der Waals surface area contributed by atoms with Gasteiger partial charge in [0.05, 0.1) is 34.3 Å². The van der Waals surface area contributed by atoms with Crippen molar-refractivity contribution >= 4 is 39.1 Å². The van der Waals surface area contributed by atoms with Gasteiger partial charge < -0.3 is 5.32 Å². The summed E-state index contributed by atoms with van der Waals surface area (Å²) in [6, 6.07) is 7.17. The van der Waals surface area contributed by atoms with E-state index in [0.29, 0.717) is 17.3 Å². The zero-order valence-corrected chi connectivity index (χ0v) is 17.0. The first-order valence-electron chi connectivity index (χ1n) is 8.14. The molecular formula is C18H19BrClN5O. The molecule has 0 radical (unpaired) electrons. The molecule has 2 aromatic heterocycles. The fraction of sp³-hybridized carbons (Fsp3) is 0.278. The van der Waals surface area contributed by atoms with Crippen LogP contribution in [0.3, 0.4) is 0 Å². The van der Waals surface area contributed by atoms with Crippen molar-refractivity contribution < 1.29 is 4.79 Å². The van der Waals surface area contributed by atoms with Gasteiger partial charge in [0.1, 0.15) is 6.04 Å². The first-order valence-corrected chi connectivity index (χ1v) is 9.31. The highest BCUT2D eigenvalue weighted by Crippen LogP contribution is 2.23. The second kappa shape index (κ2) is 7.63. The molecule has 6 nitrogen and oxygen atoms in total. The van der Waals surface area contributed by atoms with Gasteiger partial charge in [0.15, 0.2) is 0 Å². The number of benzene rings is 1. The van der Waals surface area contributed by atoms with Crippen LogP contribution in [0.15, 0.2) is 41.1 Å². The molecule has 1 amide bonds. The molecule has 0 aliphatic rings. The lowest BCUT2D eigenvalue weighted by atomic mass is 10.2. The lowest BCUT2D eigenvalue weighted by Crippen LogP contribution is -2.25. The van der Waals surface area contributed by atoms with Gasteiger partial charge in [-0.3, -0.25) is 14.2 Å². The maximum atomic E-state index is 12.6. The fourth-order valence-electron chi connectivity index (χ4n) is 2.71. The predicted octanol–water partition coefficient (Wildman–Crippen LogP) is 4.36. The van der Waals surface area contributed by atoms with E-state index in [1.807, 2.05) is 45.0 Å². The minimum absolute atomic E-state index is 0.148. The molecule has 8 heteroatoms. The lowest BCUT2D eigenvalue weighted by Gasteiger charge is -2.13. The molecule has 1 atom stereocenters. The number of rotatable bonds is 5. The average molecular weight is 437 g/mol. The number of carbonyl (C=O) groups is 1. The second-order valence-electron chi connectivity index (χ2n) is 6.15. The fourth-order valence-corrected chi connectivity index (χ4v) is 3.19. The van der Waals surface area contributed by atoms with Crippen LogP contribution in [-0.4, -0.2) is 25.5 Å². The van der Waals surface area contributed by atoms with Crippen LogP contribution in [0.5, 0.6) is 0 Å². The molecule has 0 fully saturated rings. The van der Waals surface area contributed by atoms with Gasteiger partial charge in [0.2, 0.25) is 5.91 Å². The van der Waals surface area contributed by atoms with Crippen LogP contribution < -0.4 is 5.32 Å². The van der Waals surface area contributed by atoms with Gasteiger partial charge in [0, 0.05) is 11.2 Å². The van der Waals surface area contributed by atoms with E-state index in [4.69, 9.17) is 11.6 Å². The lowest BCUT2D eigenvalue weighted by molar-refractivity contribution is -0.119. The minimum atomic E-state index is -0.434. The Labute approximate surface area is 165 Å². The van der Waals surface area contributed by atoms with Crippen LogP contribution in [0.4, 0.5) is 5.69 Å². The van der Waals surface area contributed by atoms with Gasteiger partial charge in [-0.1, -0.05) is 23.7 Å². The van der Waals surface area contributed by atoms with Crippen LogP contribution in [0.25, 0.3) is 0 Å². The molecule has 0 bridgehead atoms. The summed E-state index contributed by atoms with van der Waals surface area (Å²) in [4.78, 5) is 12.6. The number of hydrogen-bond acceptors (Lipinski definition) is 3. The van der Waals surface area contributed by atoms with Crippen LogP contribution >= 0.6 is 27.5 Å². The molecule has 0 aliphatic heterocycles. The largest absolute Gasteiger partial charge is 0.322 e. The highest BCUT2D eigenvalue weighted by atomic mass is 79.9. The molecule has 1 unspecified atom stereocenters. The Bertz CT molecular complexity index is 949. The first kappa shape index (κ1) is 18.7. The van der Waals surface area contributed by atoms with E-state index in [-0.39, 0.29) is 5.91 Å². The molecule has 0 spiro atoms. The Balaban J connectivity index is 1.68. The summed E-state index contributed by atoms with van der Waals surface area (Å²) in [6.45, 7) is 6.23. The molecule has 3 aromatic rings. The molecule has 0 aliphatic carbocycles. The van der Waals surface area contributed by atoms with E-state index in [1.165, 1.54) is 0 Å². The van der Waals surface area contributed by atoms with Crippen LogP contribution in [0.1, 0.15) is 29.9 Å². The maximum absolute atomic E-state index is 12.6. The molecule has 0 saturated carbocycles. The third-order valence-electron chi connectivity index (χ3n) is 4.12. The van der Waals surface area contributed by atoms with Crippen molar-refractivity contribution in [3.63, 3.8) is 0 Å². The molecule has 2 heterocycles. The summed E-state index contributed by atoms with van der Waals surface area (Å²) in [5.74, 6) is -0.148. The quantitative estimate of drug-likeness (QED) is 0.646. The van der Waals surface area contributed by atoms with E-state index in [2.05, 4.69) is 31.4 Å². The van der Waals surface area contributed by atoms with Crippen LogP contribution in [-0.2, 0) is 11.3 Å². The Morgan fingerprint density at radius 2 is 2.15 bits per heavy atom. The number of halogens is 2. The van der Waals surface area contributed by atoms with Crippen LogP contribution in [0.2, 0.25) is 5.02 Å². The first-order chi connectivity index (χ1) is 12.3. The van der Waals surface area contributed by atoms with Gasteiger partial charge in [-0.2, -0.15) is 10.2 Å². The zero-order chi connectivity index (χ0) is 18.8. The van der Waals surface area contributed by atoms with E-state index < -0.39 is 6.04 Å². The van der Waals surface area contributed by atoms with Crippen molar-refractivity contribution in [3.05, 3.63) is 63.1 Å². The van der Waals surface area contributed by atoms with Crippen molar-refractivity contribution in [3.8, 4) is 0 Å². The van der Waals surface area contributed by atoms with Gasteiger partial charge in [0.25, 0.3) is 0 Å². The van der Waals surface area contributed by atoms with E-state index in [1.54, 1.807) is 21.8 Å². The Kier molecular flexibility index (Phi) is 5.48. The molecule has 0 saturated heterocycles. The molecule has 1 aromatic carbocycles. The smallest absolute Gasteiger partial charge is 0.249 e. The van der Waals surface area contributed by atoms with Crippen LogP contribution in [0, 0.1) is 13.8 Å². The SMILES string of the molecule is Cc1nn(C(C)C(=O)Nc2cnn(Cc3cccc(Cl)c3)c2)c(C)c1Br. The number of nitrogens with zero attached hydrogens (tertiary/aromatic N) is 4. The van der Waals surface area contributed by atoms with E-state index in [9.17, 15) is 4.79 Å². The van der Waals surface area contributed by atoms with Gasteiger partial charge in [-0.25, -0.2) is 0 Å².